The van der Waals surface area contributed by atoms with Crippen molar-refractivity contribution >= 4 is 49.6 Å². The van der Waals surface area contributed by atoms with Crippen molar-refractivity contribution in [3.05, 3.63) is 188 Å². The Labute approximate surface area is 285 Å². The fourth-order valence-electron chi connectivity index (χ4n) is 6.76. The number of hydrogen-bond acceptors (Lipinski definition) is 3. The van der Waals surface area contributed by atoms with Gasteiger partial charge in [0.2, 0.25) is 0 Å². The van der Waals surface area contributed by atoms with Gasteiger partial charge in [0.25, 0.3) is 0 Å². The lowest BCUT2D eigenvalue weighted by atomic mass is 9.99. The Morgan fingerprint density at radius 2 is 0.857 bits per heavy atom. The van der Waals surface area contributed by atoms with Crippen LogP contribution in [-0.2, 0) is 0 Å². The molecule has 0 bridgehead atoms. The van der Waals surface area contributed by atoms with Crippen molar-refractivity contribution in [3.8, 4) is 33.6 Å². The zero-order valence-corrected chi connectivity index (χ0v) is 26.7. The van der Waals surface area contributed by atoms with E-state index in [0.29, 0.717) is 0 Å². The van der Waals surface area contributed by atoms with E-state index in [-0.39, 0.29) is 0 Å². The molecule has 0 N–H and O–H groups in total. The minimum Gasteiger partial charge on any atom is -0.310 e. The van der Waals surface area contributed by atoms with Gasteiger partial charge < -0.3 is 4.90 Å². The van der Waals surface area contributed by atoms with Gasteiger partial charge >= 0.3 is 0 Å². The third-order valence-electron chi connectivity index (χ3n) is 9.21. The summed E-state index contributed by atoms with van der Waals surface area (Å²) in [6.45, 7) is 0. The summed E-state index contributed by atoms with van der Waals surface area (Å²) in [5.74, 6) is 0. The predicted octanol–water partition coefficient (Wildman–Crippen LogP) is 12.4. The molecular weight excluding hydrogens is 595 g/mol. The molecule has 0 saturated heterocycles. The molecule has 3 heteroatoms. The quantitative estimate of drug-likeness (QED) is 0.172. The standard InChI is InChI=1S/C46H31N3/c1-4-13-35(14-5-1)44-45(36-15-6-2-7-16-36)48-46-42-31-38(21-20-34(42)25-29-43(46)47-44)33-22-26-40(27-23-33)49(39-18-8-3-9-19-39)41-28-24-32-12-10-11-17-37(32)30-41/h1-31H. The smallest absolute Gasteiger partial charge is 0.0973 e. The highest BCUT2D eigenvalue weighted by Crippen LogP contribution is 2.38. The van der Waals surface area contributed by atoms with Crippen LogP contribution in [0.25, 0.3) is 66.2 Å². The molecule has 0 aliphatic carbocycles. The van der Waals surface area contributed by atoms with Gasteiger partial charge in [-0.25, -0.2) is 9.97 Å². The van der Waals surface area contributed by atoms with Crippen molar-refractivity contribution in [2.75, 3.05) is 4.90 Å². The normalized spacial score (nSPS) is 11.3. The third kappa shape index (κ3) is 5.38. The first-order chi connectivity index (χ1) is 24.3. The van der Waals surface area contributed by atoms with Crippen LogP contribution in [0.15, 0.2) is 188 Å². The van der Waals surface area contributed by atoms with E-state index in [4.69, 9.17) is 9.97 Å². The van der Waals surface area contributed by atoms with Crippen LogP contribution >= 0.6 is 0 Å². The van der Waals surface area contributed by atoms with Crippen LogP contribution in [0, 0.1) is 0 Å². The zero-order chi connectivity index (χ0) is 32.6. The van der Waals surface area contributed by atoms with Crippen molar-refractivity contribution in [3.63, 3.8) is 0 Å². The minimum absolute atomic E-state index is 0.882. The summed E-state index contributed by atoms with van der Waals surface area (Å²) < 4.78 is 0. The molecule has 1 aromatic heterocycles. The summed E-state index contributed by atoms with van der Waals surface area (Å²) in [7, 11) is 0. The van der Waals surface area contributed by atoms with Gasteiger partial charge in [0.1, 0.15) is 0 Å². The summed E-state index contributed by atoms with van der Waals surface area (Å²) in [4.78, 5) is 12.9. The van der Waals surface area contributed by atoms with Crippen molar-refractivity contribution in [2.24, 2.45) is 0 Å². The van der Waals surface area contributed by atoms with Gasteiger partial charge in [-0.3, -0.25) is 0 Å². The van der Waals surface area contributed by atoms with E-state index in [1.54, 1.807) is 0 Å². The summed E-state index contributed by atoms with van der Waals surface area (Å²) in [6, 6.07) is 66.2. The van der Waals surface area contributed by atoms with Crippen molar-refractivity contribution in [2.45, 2.75) is 0 Å². The molecule has 0 spiro atoms. The summed E-state index contributed by atoms with van der Waals surface area (Å²) >= 11 is 0. The van der Waals surface area contributed by atoms with Gasteiger partial charge in [0, 0.05) is 33.6 Å². The van der Waals surface area contributed by atoms with E-state index in [9.17, 15) is 0 Å². The van der Waals surface area contributed by atoms with Crippen LogP contribution in [0.5, 0.6) is 0 Å². The highest BCUT2D eigenvalue weighted by atomic mass is 15.1. The number of anilines is 3. The molecule has 1 heterocycles. The van der Waals surface area contributed by atoms with Crippen molar-refractivity contribution in [1.29, 1.82) is 0 Å². The van der Waals surface area contributed by atoms with E-state index in [1.165, 1.54) is 10.8 Å². The lowest BCUT2D eigenvalue weighted by molar-refractivity contribution is 1.29. The lowest BCUT2D eigenvalue weighted by Crippen LogP contribution is -2.09. The Morgan fingerprint density at radius 1 is 0.327 bits per heavy atom. The van der Waals surface area contributed by atoms with E-state index in [0.717, 1.165) is 72.5 Å². The molecule has 0 amide bonds. The van der Waals surface area contributed by atoms with Gasteiger partial charge in [-0.15, -0.1) is 0 Å². The number of rotatable bonds is 6. The number of fused-ring (bicyclic) bond motifs is 4. The summed E-state index contributed by atoms with van der Waals surface area (Å²) in [5, 5.41) is 4.68. The van der Waals surface area contributed by atoms with Crippen LogP contribution in [-0.4, -0.2) is 9.97 Å². The first-order valence-electron chi connectivity index (χ1n) is 16.6. The second kappa shape index (κ2) is 12.2. The number of benzene rings is 8. The molecule has 0 unspecified atom stereocenters. The molecule has 9 rings (SSSR count). The van der Waals surface area contributed by atoms with Crippen molar-refractivity contribution in [1.82, 2.24) is 9.97 Å². The van der Waals surface area contributed by atoms with E-state index < -0.39 is 0 Å². The Kier molecular flexibility index (Phi) is 7.14. The van der Waals surface area contributed by atoms with Gasteiger partial charge in [-0.2, -0.15) is 0 Å². The maximum atomic E-state index is 5.34. The minimum atomic E-state index is 0.882. The van der Waals surface area contributed by atoms with Gasteiger partial charge in [0.05, 0.1) is 22.4 Å². The molecule has 230 valence electrons. The maximum Gasteiger partial charge on any atom is 0.0973 e. The number of para-hydroxylation sites is 1. The van der Waals surface area contributed by atoms with Gasteiger partial charge in [-0.05, 0) is 75.8 Å². The summed E-state index contributed by atoms with van der Waals surface area (Å²) in [5.41, 5.74) is 11.3. The van der Waals surface area contributed by atoms with Crippen LogP contribution in [0.2, 0.25) is 0 Å². The van der Waals surface area contributed by atoms with E-state index >= 15 is 0 Å². The number of aromatic nitrogens is 2. The van der Waals surface area contributed by atoms with E-state index in [2.05, 4.69) is 181 Å². The fourth-order valence-corrected chi connectivity index (χ4v) is 6.76. The average Bonchev–Trinajstić information content (AvgIpc) is 3.18. The molecule has 9 aromatic rings. The Hall–Kier alpha value is -6.58. The van der Waals surface area contributed by atoms with Crippen LogP contribution in [0.1, 0.15) is 0 Å². The maximum absolute atomic E-state index is 5.34. The molecular formula is C46H31N3. The number of nitrogens with zero attached hydrogens (tertiary/aromatic N) is 3. The van der Waals surface area contributed by atoms with Gasteiger partial charge in [-0.1, -0.05) is 140 Å². The third-order valence-corrected chi connectivity index (χ3v) is 9.21. The summed E-state index contributed by atoms with van der Waals surface area (Å²) in [6.07, 6.45) is 0. The SMILES string of the molecule is c1ccc(-c2nc3ccc4ccc(-c5ccc(N(c6ccccc6)c6ccc7ccccc7c6)cc5)cc4c3nc2-c2ccccc2)cc1. The Balaban J connectivity index is 1.15. The molecule has 0 fully saturated rings. The molecule has 0 atom stereocenters. The average molecular weight is 626 g/mol. The number of hydrogen-bond donors (Lipinski definition) is 0. The van der Waals surface area contributed by atoms with Gasteiger partial charge in [0.15, 0.2) is 0 Å². The fraction of sp³-hybridized carbons (Fsp3) is 0. The molecule has 0 aliphatic rings. The second-order valence-electron chi connectivity index (χ2n) is 12.3. The molecule has 0 radical (unpaired) electrons. The van der Waals surface area contributed by atoms with Crippen molar-refractivity contribution < 1.29 is 0 Å². The first-order valence-corrected chi connectivity index (χ1v) is 16.6. The Bertz CT molecular complexity index is 2580. The second-order valence-corrected chi connectivity index (χ2v) is 12.3. The molecule has 3 nitrogen and oxygen atoms in total. The predicted molar refractivity (Wildman–Crippen MR) is 206 cm³/mol. The molecule has 49 heavy (non-hydrogen) atoms. The Morgan fingerprint density at radius 3 is 1.57 bits per heavy atom. The topological polar surface area (TPSA) is 29.0 Å². The van der Waals surface area contributed by atoms with Crippen LogP contribution in [0.3, 0.4) is 0 Å². The van der Waals surface area contributed by atoms with Crippen LogP contribution < -0.4 is 4.90 Å². The monoisotopic (exact) mass is 625 g/mol. The first kappa shape index (κ1) is 28.6. The zero-order valence-electron chi connectivity index (χ0n) is 26.7. The molecule has 8 aromatic carbocycles. The van der Waals surface area contributed by atoms with E-state index in [1.807, 2.05) is 12.1 Å². The molecule has 0 saturated carbocycles. The highest BCUT2D eigenvalue weighted by Gasteiger charge is 2.16. The lowest BCUT2D eigenvalue weighted by Gasteiger charge is -2.26. The highest BCUT2D eigenvalue weighted by molar-refractivity contribution is 6.07. The molecule has 0 aliphatic heterocycles. The largest absolute Gasteiger partial charge is 0.310 e. The van der Waals surface area contributed by atoms with Crippen LogP contribution in [0.4, 0.5) is 17.1 Å².